The molecule has 38 heavy (non-hydrogen) atoms. The second-order valence-electron chi connectivity index (χ2n) is 14.9. The van der Waals surface area contributed by atoms with Gasteiger partial charge in [-0.15, -0.1) is 0 Å². The van der Waals surface area contributed by atoms with E-state index in [0.29, 0.717) is 33.7 Å². The van der Waals surface area contributed by atoms with E-state index >= 15 is 0 Å². The van der Waals surface area contributed by atoms with E-state index in [0.717, 1.165) is 48.3 Å². The van der Waals surface area contributed by atoms with Crippen LogP contribution in [0.15, 0.2) is 18.2 Å². The van der Waals surface area contributed by atoms with Crippen LogP contribution in [0.5, 0.6) is 0 Å². The zero-order valence-corrected chi connectivity index (χ0v) is 24.8. The van der Waals surface area contributed by atoms with Crippen LogP contribution in [0.25, 0.3) is 0 Å². The van der Waals surface area contributed by atoms with Gasteiger partial charge in [-0.05, 0) is 128 Å². The van der Waals surface area contributed by atoms with Crippen molar-refractivity contribution >= 4 is 17.3 Å². The number of esters is 1. The third-order valence-electron chi connectivity index (χ3n) is 12.3. The van der Waals surface area contributed by atoms with Crippen molar-refractivity contribution in [2.45, 2.75) is 118 Å². The predicted molar refractivity (Wildman–Crippen MR) is 158 cm³/mol. The van der Waals surface area contributed by atoms with E-state index in [1.165, 1.54) is 64.2 Å². The highest BCUT2D eigenvalue weighted by Crippen LogP contribution is 2.68. The van der Waals surface area contributed by atoms with Gasteiger partial charge in [0.15, 0.2) is 0 Å². The maximum atomic E-state index is 12.9. The summed E-state index contributed by atoms with van der Waals surface area (Å²) in [4.78, 5) is 12.9. The topological polar surface area (TPSA) is 78.3 Å². The summed E-state index contributed by atoms with van der Waals surface area (Å²) in [6.45, 7) is 12.6. The number of anilines is 2. The van der Waals surface area contributed by atoms with Gasteiger partial charge in [0.05, 0.1) is 5.56 Å². The normalized spacial score (nSPS) is 39.2. The molecule has 0 spiro atoms. The van der Waals surface area contributed by atoms with E-state index < -0.39 is 0 Å². The van der Waals surface area contributed by atoms with Crippen LogP contribution in [-0.2, 0) is 4.74 Å². The number of carbonyl (C=O) groups is 1. The maximum absolute atomic E-state index is 12.9. The average Bonchev–Trinajstić information content (AvgIpc) is 3.20. The summed E-state index contributed by atoms with van der Waals surface area (Å²) >= 11 is 0. The number of benzene rings is 1. The number of carbonyl (C=O) groups excluding carboxylic acids is 1. The predicted octanol–water partition coefficient (Wildman–Crippen LogP) is 8.50. The van der Waals surface area contributed by atoms with Gasteiger partial charge in [-0.3, -0.25) is 0 Å². The molecule has 0 saturated heterocycles. The van der Waals surface area contributed by atoms with Crippen molar-refractivity contribution in [1.82, 2.24) is 0 Å². The van der Waals surface area contributed by atoms with Crippen LogP contribution in [0.2, 0.25) is 0 Å². The Balaban J connectivity index is 1.22. The summed E-state index contributed by atoms with van der Waals surface area (Å²) in [6, 6.07) is 5.03. The lowest BCUT2D eigenvalue weighted by atomic mass is 9.44. The minimum Gasteiger partial charge on any atom is -0.459 e. The highest BCUT2D eigenvalue weighted by molar-refractivity contribution is 5.91. The minimum absolute atomic E-state index is 0.0104. The van der Waals surface area contributed by atoms with Crippen molar-refractivity contribution < 1.29 is 9.53 Å². The summed E-state index contributed by atoms with van der Waals surface area (Å²) in [6.07, 6.45) is 15.8. The Morgan fingerprint density at radius 3 is 2.29 bits per heavy atom. The molecular weight excluding hydrogens is 468 g/mol. The van der Waals surface area contributed by atoms with Crippen molar-refractivity contribution in [2.24, 2.45) is 52.3 Å². The fourth-order valence-electron chi connectivity index (χ4n) is 10.4. The van der Waals surface area contributed by atoms with E-state index in [1.54, 1.807) is 18.2 Å². The standard InChI is InChI=1S/C34H54N2O2/c1-21(2)7-6-8-22(3)29-11-12-30-28-10-9-24-19-27(38-32(37)23-17-25(35)20-26(36)18-23)13-15-33(24,4)31(28)14-16-34(29,30)5/h17-18,20-22,24,27-31H,6-16,19,35-36H2,1-5H3/t22?,24?,27-,28?,29?,30-,31-,33-,34+/m0/s1. The molecule has 4 aliphatic carbocycles. The first kappa shape index (κ1) is 27.8. The molecule has 0 bridgehead atoms. The summed E-state index contributed by atoms with van der Waals surface area (Å²) in [5, 5.41) is 0. The van der Waals surface area contributed by atoms with Gasteiger partial charge >= 0.3 is 5.97 Å². The third-order valence-corrected chi connectivity index (χ3v) is 12.3. The lowest BCUT2D eigenvalue weighted by molar-refractivity contribution is -0.130. The molecule has 4 fully saturated rings. The SMILES string of the molecule is CC(C)CCCC(C)C1CC[C@H]2C3CCC4C[C@@H](OC(=O)c5cc(N)cc(N)c5)CC[C@]4(C)[C@H]3CC[C@]12C. The van der Waals surface area contributed by atoms with Gasteiger partial charge in [-0.25, -0.2) is 4.79 Å². The Morgan fingerprint density at radius 1 is 0.895 bits per heavy atom. The molecule has 4 aliphatic rings. The van der Waals surface area contributed by atoms with Crippen molar-refractivity contribution in [3.8, 4) is 0 Å². The molecule has 4 N–H and O–H groups in total. The van der Waals surface area contributed by atoms with Gasteiger partial charge in [-0.1, -0.05) is 53.9 Å². The van der Waals surface area contributed by atoms with Crippen LogP contribution >= 0.6 is 0 Å². The number of fused-ring (bicyclic) bond motifs is 5. The molecule has 5 rings (SSSR count). The van der Waals surface area contributed by atoms with Gasteiger partial charge < -0.3 is 16.2 Å². The molecule has 4 nitrogen and oxygen atoms in total. The number of hydrogen-bond donors (Lipinski definition) is 2. The summed E-state index contributed by atoms with van der Waals surface area (Å²) in [5.41, 5.74) is 14.3. The number of rotatable bonds is 7. The quantitative estimate of drug-likeness (QED) is 0.278. The van der Waals surface area contributed by atoms with Crippen LogP contribution in [0.3, 0.4) is 0 Å². The first-order chi connectivity index (χ1) is 18.0. The van der Waals surface area contributed by atoms with Crippen LogP contribution in [0, 0.1) is 52.3 Å². The van der Waals surface area contributed by atoms with E-state index in [-0.39, 0.29) is 12.1 Å². The Kier molecular flexibility index (Phi) is 7.84. The number of ether oxygens (including phenoxy) is 1. The highest BCUT2D eigenvalue weighted by atomic mass is 16.5. The fourth-order valence-corrected chi connectivity index (χ4v) is 10.4. The fraction of sp³-hybridized carbons (Fsp3) is 0.794. The largest absolute Gasteiger partial charge is 0.459 e. The van der Waals surface area contributed by atoms with Gasteiger partial charge in [0, 0.05) is 11.4 Å². The van der Waals surface area contributed by atoms with Gasteiger partial charge in [0.1, 0.15) is 6.10 Å². The van der Waals surface area contributed by atoms with Gasteiger partial charge in [-0.2, -0.15) is 0 Å². The smallest absolute Gasteiger partial charge is 0.338 e. The zero-order chi connectivity index (χ0) is 27.2. The molecule has 0 heterocycles. The molecule has 9 atom stereocenters. The summed E-state index contributed by atoms with van der Waals surface area (Å²) in [7, 11) is 0. The van der Waals surface area contributed by atoms with E-state index in [1.807, 2.05) is 0 Å². The van der Waals surface area contributed by atoms with E-state index in [2.05, 4.69) is 34.6 Å². The van der Waals surface area contributed by atoms with Crippen LogP contribution in [0.1, 0.15) is 122 Å². The second kappa shape index (κ2) is 10.7. The first-order valence-electron chi connectivity index (χ1n) is 15.9. The Hall–Kier alpha value is -1.71. The third kappa shape index (κ3) is 5.10. The monoisotopic (exact) mass is 522 g/mol. The molecule has 0 amide bonds. The molecule has 4 saturated carbocycles. The first-order valence-corrected chi connectivity index (χ1v) is 15.9. The zero-order valence-electron chi connectivity index (χ0n) is 24.8. The minimum atomic E-state index is -0.278. The number of nitrogens with two attached hydrogens (primary N) is 2. The van der Waals surface area contributed by atoms with Gasteiger partial charge in [0.2, 0.25) is 0 Å². The summed E-state index contributed by atoms with van der Waals surface area (Å²) < 4.78 is 6.04. The highest BCUT2D eigenvalue weighted by Gasteiger charge is 2.60. The average molecular weight is 523 g/mol. The molecule has 0 radical (unpaired) electrons. The Bertz CT molecular complexity index is 986. The number of nitrogen functional groups attached to an aromatic ring is 2. The van der Waals surface area contributed by atoms with E-state index in [4.69, 9.17) is 16.2 Å². The molecular formula is C34H54N2O2. The summed E-state index contributed by atoms with van der Waals surface area (Å²) in [5.74, 6) is 5.67. The molecule has 1 aromatic rings. The van der Waals surface area contributed by atoms with Crippen molar-refractivity contribution in [1.29, 1.82) is 0 Å². The van der Waals surface area contributed by atoms with Crippen LogP contribution < -0.4 is 11.5 Å². The molecule has 1 aromatic carbocycles. The van der Waals surface area contributed by atoms with Crippen LogP contribution in [-0.4, -0.2) is 12.1 Å². The lowest BCUT2D eigenvalue weighted by Gasteiger charge is -2.61. The van der Waals surface area contributed by atoms with Crippen molar-refractivity contribution in [2.75, 3.05) is 11.5 Å². The molecule has 212 valence electrons. The van der Waals surface area contributed by atoms with Crippen molar-refractivity contribution in [3.63, 3.8) is 0 Å². The Morgan fingerprint density at radius 2 is 1.58 bits per heavy atom. The lowest BCUT2D eigenvalue weighted by Crippen LogP contribution is -2.54. The molecule has 0 aromatic heterocycles. The maximum Gasteiger partial charge on any atom is 0.338 e. The van der Waals surface area contributed by atoms with Crippen molar-refractivity contribution in [3.05, 3.63) is 23.8 Å². The Labute approximate surface area is 232 Å². The second-order valence-corrected chi connectivity index (χ2v) is 14.9. The van der Waals surface area contributed by atoms with Crippen LogP contribution in [0.4, 0.5) is 11.4 Å². The number of hydrogen-bond acceptors (Lipinski definition) is 4. The van der Waals surface area contributed by atoms with Gasteiger partial charge in [0.25, 0.3) is 0 Å². The molecule has 4 heteroatoms. The van der Waals surface area contributed by atoms with E-state index in [9.17, 15) is 4.79 Å². The molecule has 0 aliphatic heterocycles. The molecule has 4 unspecified atom stereocenters.